The molecule has 0 radical (unpaired) electrons. The van der Waals surface area contributed by atoms with Crippen LogP contribution in [0.2, 0.25) is 5.02 Å². The molecule has 0 aliphatic rings. The zero-order valence-corrected chi connectivity index (χ0v) is 21.3. The Morgan fingerprint density at radius 1 is 1.24 bits per heavy atom. The SMILES string of the molecule is COc1cccc(-c2nnc(NS(=O)(=O)[C@@H](C)[C@H](OC)c3ncc(Cl)cn3)n2CC[S@@+](C)[O-])n1. The van der Waals surface area contributed by atoms with Gasteiger partial charge in [-0.05, 0) is 13.0 Å². The van der Waals surface area contributed by atoms with Crippen molar-refractivity contribution in [2.45, 2.75) is 24.8 Å². The standard InChI is InChI=1S/C19H24ClN7O5S2/c1-12(16(32-3)17-21-10-13(20)11-22-17)34(29,30)26-19-25-24-18(27(19)8-9-33(4)28)14-6-5-7-15(23-14)31-2/h5-7,10-12,16H,8-9H2,1-4H3,(H,25,26)/t12-,16-,33+/m0/s1. The number of halogens is 1. The van der Waals surface area contributed by atoms with E-state index in [0.717, 1.165) is 0 Å². The molecule has 3 atom stereocenters. The molecular weight excluding hydrogens is 506 g/mol. The number of rotatable bonds is 11. The van der Waals surface area contributed by atoms with Crippen LogP contribution in [0.5, 0.6) is 5.88 Å². The number of nitrogens with one attached hydrogen (secondary N) is 1. The summed E-state index contributed by atoms with van der Waals surface area (Å²) in [5.74, 6) is 1.00. The van der Waals surface area contributed by atoms with Gasteiger partial charge < -0.3 is 14.0 Å². The number of methoxy groups -OCH3 is 2. The fraction of sp³-hybridized carbons (Fsp3) is 0.421. The van der Waals surface area contributed by atoms with Crippen molar-refractivity contribution >= 4 is 38.7 Å². The molecule has 0 bridgehead atoms. The van der Waals surface area contributed by atoms with Crippen LogP contribution in [0, 0.1) is 0 Å². The molecule has 0 fully saturated rings. The number of hydrogen-bond donors (Lipinski definition) is 1. The van der Waals surface area contributed by atoms with Crippen LogP contribution in [-0.4, -0.2) is 74.2 Å². The summed E-state index contributed by atoms with van der Waals surface area (Å²) in [5, 5.41) is 7.33. The predicted molar refractivity (Wildman–Crippen MR) is 128 cm³/mol. The van der Waals surface area contributed by atoms with Crippen LogP contribution in [0.1, 0.15) is 18.9 Å². The Morgan fingerprint density at radius 3 is 2.56 bits per heavy atom. The van der Waals surface area contributed by atoms with Crippen LogP contribution >= 0.6 is 11.6 Å². The normalized spacial score (nSPS) is 14.4. The van der Waals surface area contributed by atoms with Gasteiger partial charge in [-0.25, -0.2) is 23.4 Å². The molecule has 3 aromatic heterocycles. The van der Waals surface area contributed by atoms with Gasteiger partial charge in [0.25, 0.3) is 0 Å². The van der Waals surface area contributed by atoms with Gasteiger partial charge in [-0.3, -0.25) is 9.29 Å². The number of aromatic nitrogens is 6. The van der Waals surface area contributed by atoms with Gasteiger partial charge in [0.2, 0.25) is 21.9 Å². The summed E-state index contributed by atoms with van der Waals surface area (Å²) in [4.78, 5) is 12.5. The van der Waals surface area contributed by atoms with Crippen LogP contribution < -0.4 is 9.46 Å². The molecule has 34 heavy (non-hydrogen) atoms. The molecule has 0 aromatic carbocycles. The topological polar surface area (TPSA) is 157 Å². The van der Waals surface area contributed by atoms with Gasteiger partial charge in [-0.15, -0.1) is 10.2 Å². The first-order valence-corrected chi connectivity index (χ1v) is 13.6. The average Bonchev–Trinajstić information content (AvgIpc) is 3.20. The summed E-state index contributed by atoms with van der Waals surface area (Å²) < 4.78 is 52.7. The molecule has 184 valence electrons. The number of anilines is 1. The highest BCUT2D eigenvalue weighted by molar-refractivity contribution is 7.93. The maximum absolute atomic E-state index is 13.2. The lowest BCUT2D eigenvalue weighted by molar-refractivity contribution is 0.0950. The monoisotopic (exact) mass is 529 g/mol. The minimum Gasteiger partial charge on any atom is -0.617 e. The molecule has 0 saturated heterocycles. The summed E-state index contributed by atoms with van der Waals surface area (Å²) in [7, 11) is -1.22. The summed E-state index contributed by atoms with van der Waals surface area (Å²) in [5.41, 5.74) is 0.413. The Balaban J connectivity index is 1.94. The molecule has 12 nitrogen and oxygen atoms in total. The fourth-order valence-corrected chi connectivity index (χ4v) is 4.70. The molecule has 3 aromatic rings. The maximum atomic E-state index is 13.2. The zero-order valence-electron chi connectivity index (χ0n) is 18.9. The Bertz CT molecular complexity index is 1210. The molecule has 1 N–H and O–H groups in total. The van der Waals surface area contributed by atoms with Crippen molar-refractivity contribution in [1.29, 1.82) is 0 Å². The van der Waals surface area contributed by atoms with Gasteiger partial charge in [-0.2, -0.15) is 0 Å². The van der Waals surface area contributed by atoms with Crippen LogP contribution in [0.3, 0.4) is 0 Å². The number of sulfonamides is 1. The van der Waals surface area contributed by atoms with Gasteiger partial charge >= 0.3 is 0 Å². The number of hydrogen-bond acceptors (Lipinski definition) is 10. The second kappa shape index (κ2) is 11.3. The fourth-order valence-electron chi connectivity index (χ4n) is 3.01. The van der Waals surface area contributed by atoms with Crippen molar-refractivity contribution in [3.63, 3.8) is 0 Å². The molecule has 3 rings (SSSR count). The van der Waals surface area contributed by atoms with E-state index in [4.69, 9.17) is 21.1 Å². The van der Waals surface area contributed by atoms with Crippen molar-refractivity contribution in [1.82, 2.24) is 29.7 Å². The van der Waals surface area contributed by atoms with Gasteiger partial charge in [0.1, 0.15) is 22.8 Å². The number of ether oxygens (including phenoxy) is 2. The lowest BCUT2D eigenvalue weighted by Gasteiger charge is -2.22. The van der Waals surface area contributed by atoms with Crippen molar-refractivity contribution < 1.29 is 22.4 Å². The van der Waals surface area contributed by atoms with E-state index >= 15 is 0 Å². The first-order valence-electron chi connectivity index (χ1n) is 9.92. The van der Waals surface area contributed by atoms with Gasteiger partial charge in [0.15, 0.2) is 11.6 Å². The average molecular weight is 530 g/mol. The first kappa shape index (κ1) is 26.1. The minimum absolute atomic E-state index is 0.0520. The van der Waals surface area contributed by atoms with Gasteiger partial charge in [0.05, 0.1) is 24.9 Å². The summed E-state index contributed by atoms with van der Waals surface area (Å²) in [6, 6.07) is 5.07. The lowest BCUT2D eigenvalue weighted by atomic mass is 10.2. The van der Waals surface area contributed by atoms with E-state index in [1.807, 2.05) is 0 Å². The quantitative estimate of drug-likeness (QED) is 0.362. The largest absolute Gasteiger partial charge is 0.617 e. The Kier molecular flexibility index (Phi) is 8.65. The van der Waals surface area contributed by atoms with Crippen molar-refractivity contribution in [2.75, 3.05) is 31.0 Å². The molecule has 0 saturated carbocycles. The van der Waals surface area contributed by atoms with E-state index in [0.29, 0.717) is 22.4 Å². The van der Waals surface area contributed by atoms with E-state index in [1.54, 1.807) is 24.5 Å². The summed E-state index contributed by atoms with van der Waals surface area (Å²) in [6.07, 6.45) is 3.29. The summed E-state index contributed by atoms with van der Waals surface area (Å²) >= 11 is 4.69. The van der Waals surface area contributed by atoms with Crippen molar-refractivity contribution in [3.05, 3.63) is 41.4 Å². The molecule has 0 amide bonds. The predicted octanol–water partition coefficient (Wildman–Crippen LogP) is 1.69. The Morgan fingerprint density at radius 2 is 1.94 bits per heavy atom. The zero-order chi connectivity index (χ0) is 24.9. The lowest BCUT2D eigenvalue weighted by Crippen LogP contribution is -2.33. The van der Waals surface area contributed by atoms with E-state index in [9.17, 15) is 13.0 Å². The minimum atomic E-state index is -4.06. The van der Waals surface area contributed by atoms with Crippen LogP contribution in [0.25, 0.3) is 11.5 Å². The molecule has 0 unspecified atom stereocenters. The second-order valence-electron chi connectivity index (χ2n) is 7.11. The molecule has 3 heterocycles. The highest BCUT2D eigenvalue weighted by Crippen LogP contribution is 2.26. The van der Waals surface area contributed by atoms with Crippen LogP contribution in [0.15, 0.2) is 30.6 Å². The molecular formula is C19H24ClN7O5S2. The third-order valence-corrected chi connectivity index (χ3v) is 7.46. The van der Waals surface area contributed by atoms with E-state index in [1.165, 1.54) is 38.1 Å². The number of nitrogens with zero attached hydrogens (tertiary/aromatic N) is 6. The van der Waals surface area contributed by atoms with Gasteiger partial charge in [0, 0.05) is 25.6 Å². The van der Waals surface area contributed by atoms with Crippen molar-refractivity contribution in [3.8, 4) is 17.4 Å². The first-order chi connectivity index (χ1) is 16.2. The smallest absolute Gasteiger partial charge is 0.240 e. The van der Waals surface area contributed by atoms with E-state index in [-0.39, 0.29) is 24.1 Å². The molecule has 0 aliphatic heterocycles. The molecule has 0 aliphatic carbocycles. The Labute approximate surface area is 205 Å². The highest BCUT2D eigenvalue weighted by Gasteiger charge is 2.34. The highest BCUT2D eigenvalue weighted by atomic mass is 35.5. The molecule has 0 spiro atoms. The molecule has 15 heteroatoms. The van der Waals surface area contributed by atoms with Crippen LogP contribution in [0.4, 0.5) is 5.95 Å². The maximum Gasteiger partial charge on any atom is 0.240 e. The third kappa shape index (κ3) is 6.13. The number of pyridine rings is 1. The Hall–Kier alpha value is -2.52. The van der Waals surface area contributed by atoms with E-state index in [2.05, 4.69) is 29.9 Å². The second-order valence-corrected chi connectivity index (χ2v) is 11.1. The third-order valence-electron chi connectivity index (χ3n) is 4.81. The van der Waals surface area contributed by atoms with Gasteiger partial charge in [-0.1, -0.05) is 28.8 Å². The summed E-state index contributed by atoms with van der Waals surface area (Å²) in [6.45, 7) is 1.64. The van der Waals surface area contributed by atoms with Crippen LogP contribution in [-0.2, 0) is 32.5 Å². The van der Waals surface area contributed by atoms with E-state index < -0.39 is 32.6 Å². The van der Waals surface area contributed by atoms with Crippen molar-refractivity contribution in [2.24, 2.45) is 0 Å².